The minimum Gasteiger partial charge on any atom is -0.543 e. The zero-order chi connectivity index (χ0) is 15.4. The molecule has 0 aliphatic rings. The van der Waals surface area contributed by atoms with E-state index < -0.39 is 11.7 Å². The molecule has 20 heavy (non-hydrogen) atoms. The van der Waals surface area contributed by atoms with E-state index in [2.05, 4.69) is 15.5 Å². The van der Waals surface area contributed by atoms with Crippen molar-refractivity contribution in [2.75, 3.05) is 5.43 Å². The summed E-state index contributed by atoms with van der Waals surface area (Å²) in [5.74, 6) is -1.28. The fourth-order valence-electron chi connectivity index (χ4n) is 1.30. The molecule has 0 aliphatic heterocycles. The van der Waals surface area contributed by atoms with Crippen molar-refractivity contribution < 1.29 is 9.90 Å². The number of pyridine rings is 1. The van der Waals surface area contributed by atoms with E-state index in [-0.39, 0.29) is 26.8 Å². The summed E-state index contributed by atoms with van der Waals surface area (Å²) in [6, 6.07) is 0. The largest absolute Gasteiger partial charge is 0.543 e. The number of anilines is 1. The van der Waals surface area contributed by atoms with E-state index >= 15 is 0 Å². The summed E-state index contributed by atoms with van der Waals surface area (Å²) in [4.78, 5) is 14.5. The average molecular weight is 338 g/mol. The summed E-state index contributed by atoms with van der Waals surface area (Å²) in [6.07, 6.45) is 0.917. The number of nitrogens with one attached hydrogen (secondary N) is 1. The lowest BCUT2D eigenvalue weighted by Gasteiger charge is -2.14. The Balaban J connectivity index is 3.21. The van der Waals surface area contributed by atoms with Gasteiger partial charge in [0.2, 0.25) is 0 Å². The minimum atomic E-state index is -1.54. The van der Waals surface area contributed by atoms with E-state index in [1.165, 1.54) is 0 Å². The quantitative estimate of drug-likeness (QED) is 0.508. The van der Waals surface area contributed by atoms with Crippen LogP contribution in [0.3, 0.4) is 0 Å². The van der Waals surface area contributed by atoms with Gasteiger partial charge in [0.15, 0.2) is 5.15 Å². The van der Waals surface area contributed by atoms with Crippen molar-refractivity contribution in [2.45, 2.75) is 27.2 Å². The van der Waals surface area contributed by atoms with Gasteiger partial charge in [-0.2, -0.15) is 5.10 Å². The van der Waals surface area contributed by atoms with Crippen LogP contribution >= 0.6 is 34.8 Å². The Morgan fingerprint density at radius 1 is 1.40 bits per heavy atom. The number of carboxylic acids is 1. The Morgan fingerprint density at radius 3 is 2.50 bits per heavy atom. The fraction of sp³-hybridized carbons (Fsp3) is 0.417. The van der Waals surface area contributed by atoms with E-state index in [0.29, 0.717) is 0 Å². The van der Waals surface area contributed by atoms with Gasteiger partial charge in [0.05, 0.1) is 16.7 Å². The van der Waals surface area contributed by atoms with Gasteiger partial charge >= 0.3 is 0 Å². The van der Waals surface area contributed by atoms with Crippen molar-refractivity contribution in [1.29, 1.82) is 0 Å². The Labute approximate surface area is 131 Å². The van der Waals surface area contributed by atoms with Gasteiger partial charge in [0.1, 0.15) is 10.7 Å². The molecule has 0 saturated heterocycles. The van der Waals surface area contributed by atoms with Crippen LogP contribution in [0.4, 0.5) is 5.69 Å². The second kappa shape index (κ2) is 7.11. The first kappa shape index (κ1) is 17.0. The SMILES string of the molecule is CC[C@@H](C)/C(C)=N\Nc1c(Cl)c(Cl)nc(C(=O)[O-])c1Cl. The molecule has 0 aliphatic carbocycles. The molecule has 110 valence electrons. The van der Waals surface area contributed by atoms with Crippen LogP contribution in [0, 0.1) is 5.92 Å². The van der Waals surface area contributed by atoms with Crippen LogP contribution in [0.25, 0.3) is 0 Å². The number of carboxylic acid groups (broad SMARTS) is 1. The molecule has 1 N–H and O–H groups in total. The molecular formula is C12H13Cl3N3O2-. The highest BCUT2D eigenvalue weighted by Gasteiger charge is 2.17. The number of rotatable bonds is 5. The summed E-state index contributed by atoms with van der Waals surface area (Å²) in [7, 11) is 0. The number of aromatic nitrogens is 1. The zero-order valence-electron chi connectivity index (χ0n) is 11.1. The smallest absolute Gasteiger partial charge is 0.150 e. The van der Waals surface area contributed by atoms with Gasteiger partial charge in [-0.1, -0.05) is 48.7 Å². The van der Waals surface area contributed by atoms with E-state index in [1.807, 2.05) is 20.8 Å². The maximum atomic E-state index is 10.9. The molecule has 5 nitrogen and oxygen atoms in total. The summed E-state index contributed by atoms with van der Waals surface area (Å²) in [5, 5.41) is 14.7. The maximum Gasteiger partial charge on any atom is 0.150 e. The van der Waals surface area contributed by atoms with Crippen LogP contribution < -0.4 is 10.5 Å². The lowest BCUT2D eigenvalue weighted by molar-refractivity contribution is -0.255. The number of hydrogen-bond acceptors (Lipinski definition) is 5. The van der Waals surface area contributed by atoms with Crippen LogP contribution in [0.2, 0.25) is 15.2 Å². The Kier molecular flexibility index (Phi) is 6.05. The number of carbonyl (C=O) groups excluding carboxylic acids is 1. The molecular weight excluding hydrogens is 325 g/mol. The predicted molar refractivity (Wildman–Crippen MR) is 79.8 cm³/mol. The third kappa shape index (κ3) is 3.75. The van der Waals surface area contributed by atoms with Crippen LogP contribution in [-0.2, 0) is 0 Å². The Morgan fingerprint density at radius 2 is 2.00 bits per heavy atom. The third-order valence-electron chi connectivity index (χ3n) is 2.90. The van der Waals surface area contributed by atoms with Gasteiger partial charge < -0.3 is 9.90 Å². The Hall–Kier alpha value is -1.04. The molecule has 0 spiro atoms. The summed E-state index contributed by atoms with van der Waals surface area (Å²) >= 11 is 17.6. The van der Waals surface area contributed by atoms with Crippen LogP contribution in [-0.4, -0.2) is 16.7 Å². The first-order valence-electron chi connectivity index (χ1n) is 5.85. The molecule has 8 heteroatoms. The summed E-state index contributed by atoms with van der Waals surface area (Å²) < 4.78 is 0. The second-order valence-electron chi connectivity index (χ2n) is 4.22. The highest BCUT2D eigenvalue weighted by atomic mass is 35.5. The van der Waals surface area contributed by atoms with Crippen LogP contribution in [0.5, 0.6) is 0 Å². The molecule has 1 atom stereocenters. The molecule has 0 fully saturated rings. The standard InChI is InChI=1S/C12H14Cl3N3O2/c1-4-5(2)6(3)17-18-9-7(13)10(12(19)20)16-11(15)8(9)14/h5H,4H2,1-3H3,(H,16,18)(H,19,20)/p-1/b17-6-/t5-/m1/s1. The summed E-state index contributed by atoms with van der Waals surface area (Å²) in [5.41, 5.74) is 3.07. The number of hydrazone groups is 1. The number of hydrogen-bond donors (Lipinski definition) is 1. The highest BCUT2D eigenvalue weighted by Crippen LogP contribution is 2.36. The van der Waals surface area contributed by atoms with Gasteiger partial charge in [0, 0.05) is 5.71 Å². The molecule has 1 aromatic heterocycles. The minimum absolute atomic E-state index is 0.00219. The molecule has 0 radical (unpaired) electrons. The highest BCUT2D eigenvalue weighted by molar-refractivity contribution is 6.46. The van der Waals surface area contributed by atoms with Gasteiger partial charge in [-0.3, -0.25) is 5.43 Å². The zero-order valence-corrected chi connectivity index (χ0v) is 13.4. The molecule has 0 unspecified atom stereocenters. The topological polar surface area (TPSA) is 77.4 Å². The number of nitrogens with zero attached hydrogens (tertiary/aromatic N) is 2. The van der Waals surface area contributed by atoms with E-state index in [9.17, 15) is 9.90 Å². The van der Waals surface area contributed by atoms with Gasteiger partial charge in [-0.05, 0) is 19.3 Å². The first-order valence-corrected chi connectivity index (χ1v) is 6.98. The van der Waals surface area contributed by atoms with Crippen molar-refractivity contribution in [3.05, 3.63) is 20.9 Å². The van der Waals surface area contributed by atoms with Crippen molar-refractivity contribution >= 4 is 52.2 Å². The normalized spacial score (nSPS) is 13.2. The van der Waals surface area contributed by atoms with Gasteiger partial charge in [0.25, 0.3) is 0 Å². The monoisotopic (exact) mass is 336 g/mol. The molecule has 1 heterocycles. The first-order chi connectivity index (χ1) is 9.29. The summed E-state index contributed by atoms with van der Waals surface area (Å²) in [6.45, 7) is 5.88. The van der Waals surface area contributed by atoms with Gasteiger partial charge in [-0.25, -0.2) is 4.98 Å². The molecule has 1 rings (SSSR count). The lowest BCUT2D eigenvalue weighted by Crippen LogP contribution is -2.24. The number of halogens is 3. The van der Waals surface area contributed by atoms with E-state index in [1.54, 1.807) is 0 Å². The molecule has 0 saturated carbocycles. The molecule has 0 amide bonds. The molecule has 1 aromatic rings. The molecule has 0 aromatic carbocycles. The lowest BCUT2D eigenvalue weighted by atomic mass is 10.1. The van der Waals surface area contributed by atoms with E-state index in [4.69, 9.17) is 34.8 Å². The number of aromatic carboxylic acids is 1. The second-order valence-corrected chi connectivity index (χ2v) is 5.33. The molecule has 0 bridgehead atoms. The fourth-order valence-corrected chi connectivity index (χ4v) is 1.96. The van der Waals surface area contributed by atoms with Gasteiger partial charge in [-0.15, -0.1) is 0 Å². The average Bonchev–Trinajstić information content (AvgIpc) is 2.41. The van der Waals surface area contributed by atoms with Crippen LogP contribution in [0.15, 0.2) is 5.10 Å². The van der Waals surface area contributed by atoms with Crippen molar-refractivity contribution in [2.24, 2.45) is 11.0 Å². The van der Waals surface area contributed by atoms with Crippen molar-refractivity contribution in [3.63, 3.8) is 0 Å². The van der Waals surface area contributed by atoms with Crippen molar-refractivity contribution in [3.8, 4) is 0 Å². The van der Waals surface area contributed by atoms with Crippen LogP contribution in [0.1, 0.15) is 37.7 Å². The van der Waals surface area contributed by atoms with E-state index in [0.717, 1.165) is 12.1 Å². The maximum absolute atomic E-state index is 10.9. The Bertz CT molecular complexity index is 561. The third-order valence-corrected chi connectivity index (χ3v) is 4.01. The number of carbonyl (C=O) groups is 1. The van der Waals surface area contributed by atoms with Crippen molar-refractivity contribution in [1.82, 2.24) is 4.98 Å². The predicted octanol–water partition coefficient (Wildman–Crippen LogP) is 3.24.